The van der Waals surface area contributed by atoms with E-state index in [-0.39, 0.29) is 6.03 Å². The van der Waals surface area contributed by atoms with Gasteiger partial charge in [-0.05, 0) is 36.2 Å². The Morgan fingerprint density at radius 2 is 1.56 bits per heavy atom. The van der Waals surface area contributed by atoms with Gasteiger partial charge in [0.15, 0.2) is 0 Å². The minimum atomic E-state index is -0.292. The molecule has 0 aliphatic carbocycles. The van der Waals surface area contributed by atoms with Crippen LogP contribution in [0.1, 0.15) is 11.1 Å². The molecule has 0 aliphatic rings. The van der Waals surface area contributed by atoms with Crippen molar-refractivity contribution in [1.29, 1.82) is 5.26 Å². The number of pyridine rings is 1. The van der Waals surface area contributed by atoms with Crippen LogP contribution in [-0.2, 0) is 6.42 Å². The van der Waals surface area contributed by atoms with Gasteiger partial charge in [-0.15, -0.1) is 0 Å². The predicted octanol–water partition coefficient (Wildman–Crippen LogP) is 6.53. The maximum Gasteiger partial charge on any atom is 0.323 e. The van der Waals surface area contributed by atoms with Crippen LogP contribution in [0.4, 0.5) is 21.9 Å². The van der Waals surface area contributed by atoms with E-state index in [1.165, 1.54) is 11.3 Å². The summed E-state index contributed by atoms with van der Waals surface area (Å²) in [4.78, 5) is 22.2. The molecule has 0 bridgehead atoms. The Morgan fingerprint density at radius 1 is 0.889 bits per heavy atom. The fraction of sp³-hybridized carbons (Fsp3) is 0.0714. The fourth-order valence-corrected chi connectivity index (χ4v) is 4.67. The molecule has 2 heterocycles. The number of amides is 2. The van der Waals surface area contributed by atoms with Crippen molar-refractivity contribution in [1.82, 2.24) is 9.97 Å². The lowest BCUT2D eigenvalue weighted by molar-refractivity contribution is 0.262. The van der Waals surface area contributed by atoms with E-state index in [0.29, 0.717) is 29.0 Å². The molecule has 0 spiro atoms. The number of rotatable bonds is 7. The van der Waals surface area contributed by atoms with Gasteiger partial charge in [-0.1, -0.05) is 72.0 Å². The predicted molar refractivity (Wildman–Crippen MR) is 145 cm³/mol. The number of nitrogens with one attached hydrogen (secondary N) is 3. The first-order valence-electron chi connectivity index (χ1n) is 11.4. The molecule has 0 atom stereocenters. The van der Waals surface area contributed by atoms with Gasteiger partial charge in [0.25, 0.3) is 0 Å². The highest BCUT2D eigenvalue weighted by atomic mass is 32.1. The van der Waals surface area contributed by atoms with Crippen LogP contribution in [0.2, 0.25) is 0 Å². The summed E-state index contributed by atoms with van der Waals surface area (Å²) in [6.45, 7) is 0.618. The smallest absolute Gasteiger partial charge is 0.323 e. The van der Waals surface area contributed by atoms with Crippen LogP contribution in [0.15, 0.2) is 91.1 Å². The number of nitriles is 1. The van der Waals surface area contributed by atoms with Crippen LogP contribution < -0.4 is 16.0 Å². The third-order valence-corrected chi connectivity index (χ3v) is 6.54. The second-order valence-corrected chi connectivity index (χ2v) is 8.99. The monoisotopic (exact) mass is 490 g/mol. The molecule has 0 aliphatic heterocycles. The highest BCUT2D eigenvalue weighted by molar-refractivity contribution is 7.21. The van der Waals surface area contributed by atoms with Crippen LogP contribution in [0.25, 0.3) is 20.9 Å². The second kappa shape index (κ2) is 10.7. The quantitative estimate of drug-likeness (QED) is 0.241. The molecule has 7 nitrogen and oxygen atoms in total. The number of para-hydroxylation sites is 1. The molecule has 0 unspecified atom stereocenters. The molecule has 0 fully saturated rings. The standard InChI is InChI=1S/C28H22N6OS/c29-17-21-18-31-27-25(34-26(36-27)20-7-3-1-4-8-20)24(21)30-16-15-19-11-13-23(14-12-19)33-28(35)32-22-9-5-2-6-10-22/h1-14,18H,15-16H2,(H,30,31)(H2,32,33,35). The molecule has 5 aromatic rings. The van der Waals surface area contributed by atoms with Gasteiger partial charge in [0.2, 0.25) is 0 Å². The van der Waals surface area contributed by atoms with Crippen molar-refractivity contribution in [3.8, 4) is 16.6 Å². The van der Waals surface area contributed by atoms with E-state index in [9.17, 15) is 10.1 Å². The zero-order valence-corrected chi connectivity index (χ0v) is 20.0. The van der Waals surface area contributed by atoms with Crippen molar-refractivity contribution in [2.24, 2.45) is 0 Å². The number of nitrogens with zero attached hydrogens (tertiary/aromatic N) is 3. The molecule has 8 heteroatoms. The molecule has 5 rings (SSSR count). The molecular weight excluding hydrogens is 468 g/mol. The highest BCUT2D eigenvalue weighted by Crippen LogP contribution is 2.34. The van der Waals surface area contributed by atoms with Crippen molar-refractivity contribution in [3.05, 3.63) is 102 Å². The molecule has 3 N–H and O–H groups in total. The Morgan fingerprint density at radius 3 is 2.25 bits per heavy atom. The third-order valence-electron chi connectivity index (χ3n) is 5.53. The Hall–Kier alpha value is -4.74. The number of hydrogen-bond acceptors (Lipinski definition) is 6. The number of carbonyl (C=O) groups is 1. The Bertz CT molecular complexity index is 1530. The molecular formula is C28H22N6OS. The van der Waals surface area contributed by atoms with Crippen molar-refractivity contribution < 1.29 is 4.79 Å². The lowest BCUT2D eigenvalue weighted by atomic mass is 10.1. The van der Waals surface area contributed by atoms with Gasteiger partial charge in [-0.2, -0.15) is 5.26 Å². The molecule has 0 saturated heterocycles. The normalized spacial score (nSPS) is 10.5. The first kappa shape index (κ1) is 23.0. The van der Waals surface area contributed by atoms with E-state index in [1.807, 2.05) is 84.9 Å². The van der Waals surface area contributed by atoms with Crippen LogP contribution in [0.5, 0.6) is 0 Å². The third kappa shape index (κ3) is 5.32. The summed E-state index contributed by atoms with van der Waals surface area (Å²) in [5.41, 5.74) is 5.45. The zero-order chi connectivity index (χ0) is 24.7. The topological polar surface area (TPSA) is 103 Å². The van der Waals surface area contributed by atoms with E-state index in [2.05, 4.69) is 27.0 Å². The van der Waals surface area contributed by atoms with Crippen LogP contribution in [0, 0.1) is 11.3 Å². The first-order valence-corrected chi connectivity index (χ1v) is 12.2. The number of urea groups is 1. The summed E-state index contributed by atoms with van der Waals surface area (Å²) in [7, 11) is 0. The van der Waals surface area contributed by atoms with Gasteiger partial charge in [0.05, 0.1) is 11.3 Å². The number of fused-ring (bicyclic) bond motifs is 1. The number of carbonyl (C=O) groups excluding carboxylic acids is 1. The maximum atomic E-state index is 12.2. The van der Waals surface area contributed by atoms with E-state index >= 15 is 0 Å². The fourth-order valence-electron chi connectivity index (χ4n) is 3.75. The number of anilines is 3. The van der Waals surface area contributed by atoms with Gasteiger partial charge in [0, 0.05) is 29.7 Å². The lowest BCUT2D eigenvalue weighted by Gasteiger charge is -2.10. The number of aromatic nitrogens is 2. The van der Waals surface area contributed by atoms with Crippen molar-refractivity contribution >= 4 is 44.8 Å². The summed E-state index contributed by atoms with van der Waals surface area (Å²) in [5, 5.41) is 19.5. The largest absolute Gasteiger partial charge is 0.382 e. The average Bonchev–Trinajstić information content (AvgIpc) is 3.36. The van der Waals surface area contributed by atoms with Crippen molar-refractivity contribution in [3.63, 3.8) is 0 Å². The second-order valence-electron chi connectivity index (χ2n) is 8.02. The Kier molecular flexibility index (Phi) is 6.83. The minimum absolute atomic E-state index is 0.292. The van der Waals surface area contributed by atoms with E-state index in [1.54, 1.807) is 6.20 Å². The molecule has 0 radical (unpaired) electrons. The van der Waals surface area contributed by atoms with Gasteiger partial charge in [0.1, 0.15) is 21.4 Å². The highest BCUT2D eigenvalue weighted by Gasteiger charge is 2.15. The van der Waals surface area contributed by atoms with Gasteiger partial charge in [-0.3, -0.25) is 0 Å². The van der Waals surface area contributed by atoms with E-state index < -0.39 is 0 Å². The minimum Gasteiger partial charge on any atom is -0.382 e. The molecule has 3 aromatic carbocycles. The van der Waals surface area contributed by atoms with Crippen molar-refractivity contribution in [2.75, 3.05) is 22.5 Å². The van der Waals surface area contributed by atoms with E-state index in [4.69, 9.17) is 4.98 Å². The van der Waals surface area contributed by atoms with Crippen molar-refractivity contribution in [2.45, 2.75) is 6.42 Å². The zero-order valence-electron chi connectivity index (χ0n) is 19.2. The summed E-state index contributed by atoms with van der Waals surface area (Å²) >= 11 is 1.51. The molecule has 36 heavy (non-hydrogen) atoms. The molecule has 2 aromatic heterocycles. The first-order chi connectivity index (χ1) is 17.7. The van der Waals surface area contributed by atoms with Crippen LogP contribution >= 0.6 is 11.3 Å². The maximum absolute atomic E-state index is 12.2. The summed E-state index contributed by atoms with van der Waals surface area (Å²) < 4.78 is 0. The molecule has 0 saturated carbocycles. The van der Waals surface area contributed by atoms with Crippen LogP contribution in [0.3, 0.4) is 0 Å². The van der Waals surface area contributed by atoms with Gasteiger partial charge in [-0.25, -0.2) is 14.8 Å². The number of thiazole rings is 1. The van der Waals surface area contributed by atoms with Crippen LogP contribution in [-0.4, -0.2) is 22.5 Å². The molecule has 176 valence electrons. The number of benzene rings is 3. The van der Waals surface area contributed by atoms with Gasteiger partial charge >= 0.3 is 6.03 Å². The van der Waals surface area contributed by atoms with E-state index in [0.717, 1.165) is 33.1 Å². The average molecular weight is 491 g/mol. The lowest BCUT2D eigenvalue weighted by Crippen LogP contribution is -2.19. The summed E-state index contributed by atoms with van der Waals surface area (Å²) in [6, 6.07) is 28.9. The Labute approximate surface area is 212 Å². The Balaban J connectivity index is 1.23. The SMILES string of the molecule is N#Cc1cnc2sc(-c3ccccc3)nc2c1NCCc1ccc(NC(=O)Nc2ccccc2)cc1. The number of hydrogen-bond donors (Lipinski definition) is 3. The summed E-state index contributed by atoms with van der Waals surface area (Å²) in [6.07, 6.45) is 2.33. The summed E-state index contributed by atoms with van der Waals surface area (Å²) in [5.74, 6) is 0. The van der Waals surface area contributed by atoms with Gasteiger partial charge < -0.3 is 16.0 Å². The molecule has 2 amide bonds.